The van der Waals surface area contributed by atoms with Gasteiger partial charge in [0.1, 0.15) is 0 Å². The molecule has 0 saturated carbocycles. The second kappa shape index (κ2) is 8.51. The highest BCUT2D eigenvalue weighted by Gasteiger charge is 2.26. The van der Waals surface area contributed by atoms with Gasteiger partial charge in [-0.2, -0.15) is 0 Å². The molecule has 178 valence electrons. The molecule has 0 fully saturated rings. The van der Waals surface area contributed by atoms with E-state index in [0.717, 1.165) is 0 Å². The van der Waals surface area contributed by atoms with Crippen molar-refractivity contribution in [3.8, 4) is 11.1 Å². The van der Waals surface area contributed by atoms with Crippen LogP contribution >= 0.6 is 11.8 Å². The Bertz CT molecular complexity index is 1940. The van der Waals surface area contributed by atoms with Crippen LogP contribution in [0.5, 0.6) is 0 Å². The Kier molecular flexibility index (Phi) is 4.83. The van der Waals surface area contributed by atoms with Crippen molar-refractivity contribution in [1.29, 1.82) is 0 Å². The van der Waals surface area contributed by atoms with Gasteiger partial charge in [-0.25, -0.2) is 0 Å². The molecule has 0 amide bonds. The molecule has 1 nitrogen and oxygen atoms in total. The van der Waals surface area contributed by atoms with Crippen molar-refractivity contribution in [2.45, 2.75) is 9.79 Å². The monoisotopic (exact) mass is 501 g/mol. The maximum atomic E-state index is 2.43. The molecular formula is C36H23NS. The first-order valence-corrected chi connectivity index (χ1v) is 13.8. The number of anilines is 3. The van der Waals surface area contributed by atoms with Gasteiger partial charge < -0.3 is 4.90 Å². The van der Waals surface area contributed by atoms with Gasteiger partial charge in [0.15, 0.2) is 0 Å². The molecule has 0 atom stereocenters. The predicted molar refractivity (Wildman–Crippen MR) is 163 cm³/mol. The molecule has 0 spiro atoms. The Labute approximate surface area is 226 Å². The lowest BCUT2D eigenvalue weighted by Crippen LogP contribution is -2.15. The molecule has 2 heteroatoms. The van der Waals surface area contributed by atoms with Crippen LogP contribution in [0.25, 0.3) is 43.4 Å². The zero-order valence-electron chi connectivity index (χ0n) is 20.6. The fraction of sp³-hybridized carbons (Fsp3) is 0. The Morgan fingerprint density at radius 1 is 0.368 bits per heavy atom. The number of rotatable bonds is 2. The van der Waals surface area contributed by atoms with Gasteiger partial charge in [-0.15, -0.1) is 0 Å². The van der Waals surface area contributed by atoms with E-state index in [9.17, 15) is 0 Å². The van der Waals surface area contributed by atoms with E-state index in [2.05, 4.69) is 144 Å². The van der Waals surface area contributed by atoms with E-state index < -0.39 is 0 Å². The van der Waals surface area contributed by atoms with Crippen molar-refractivity contribution in [2.75, 3.05) is 4.90 Å². The molecular weight excluding hydrogens is 478 g/mol. The number of para-hydroxylation sites is 3. The molecule has 0 radical (unpaired) electrons. The van der Waals surface area contributed by atoms with Crippen LogP contribution < -0.4 is 4.90 Å². The summed E-state index contributed by atoms with van der Waals surface area (Å²) in [6.45, 7) is 0. The summed E-state index contributed by atoms with van der Waals surface area (Å²) < 4.78 is 0. The Morgan fingerprint density at radius 2 is 0.816 bits per heavy atom. The number of nitrogens with zero attached hydrogens (tertiary/aromatic N) is 1. The van der Waals surface area contributed by atoms with Crippen LogP contribution in [-0.4, -0.2) is 0 Å². The maximum absolute atomic E-state index is 2.43. The Balaban J connectivity index is 1.40. The zero-order valence-corrected chi connectivity index (χ0v) is 21.5. The molecule has 8 rings (SSSR count). The molecule has 0 unspecified atom stereocenters. The highest BCUT2D eigenvalue weighted by Crippen LogP contribution is 2.53. The second-order valence-electron chi connectivity index (χ2n) is 9.74. The van der Waals surface area contributed by atoms with Gasteiger partial charge in [0.25, 0.3) is 0 Å². The number of hydrogen-bond donors (Lipinski definition) is 0. The summed E-state index contributed by atoms with van der Waals surface area (Å²) >= 11 is 1.85. The van der Waals surface area contributed by atoms with Gasteiger partial charge in [-0.3, -0.25) is 0 Å². The topological polar surface area (TPSA) is 3.24 Å². The SMILES string of the molecule is c1ccc2c(c1)Sc1ccccc1N2c1ccccc1-c1ccc2c3ccccc3c3ccccc3c2c1. The molecule has 1 aliphatic heterocycles. The van der Waals surface area contributed by atoms with Gasteiger partial charge >= 0.3 is 0 Å². The number of hydrogen-bond acceptors (Lipinski definition) is 2. The second-order valence-corrected chi connectivity index (χ2v) is 10.8. The number of fused-ring (bicyclic) bond motifs is 8. The van der Waals surface area contributed by atoms with E-state index in [1.54, 1.807) is 0 Å². The quantitative estimate of drug-likeness (QED) is 0.217. The van der Waals surface area contributed by atoms with Crippen molar-refractivity contribution in [3.05, 3.63) is 140 Å². The smallest absolute Gasteiger partial charge is 0.0601 e. The lowest BCUT2D eigenvalue weighted by molar-refractivity contribution is 1.17. The summed E-state index contributed by atoms with van der Waals surface area (Å²) in [5.41, 5.74) is 6.09. The summed E-state index contributed by atoms with van der Waals surface area (Å²) in [7, 11) is 0. The summed E-state index contributed by atoms with van der Waals surface area (Å²) in [4.78, 5) is 4.98. The predicted octanol–water partition coefficient (Wildman–Crippen LogP) is 10.7. The van der Waals surface area contributed by atoms with E-state index in [1.165, 1.54) is 70.3 Å². The maximum Gasteiger partial charge on any atom is 0.0601 e. The average Bonchev–Trinajstić information content (AvgIpc) is 3.00. The lowest BCUT2D eigenvalue weighted by atomic mass is 9.91. The van der Waals surface area contributed by atoms with Crippen molar-refractivity contribution in [3.63, 3.8) is 0 Å². The summed E-state index contributed by atoms with van der Waals surface area (Å²) in [6.07, 6.45) is 0. The van der Waals surface area contributed by atoms with Crippen molar-refractivity contribution in [2.24, 2.45) is 0 Å². The van der Waals surface area contributed by atoms with Crippen LogP contribution in [0, 0.1) is 0 Å². The van der Waals surface area contributed by atoms with E-state index in [0.29, 0.717) is 0 Å². The third-order valence-electron chi connectivity index (χ3n) is 7.63. The van der Waals surface area contributed by atoms with Crippen molar-refractivity contribution >= 4 is 61.1 Å². The van der Waals surface area contributed by atoms with Crippen molar-refractivity contribution in [1.82, 2.24) is 0 Å². The highest BCUT2D eigenvalue weighted by atomic mass is 32.2. The van der Waals surface area contributed by atoms with Crippen molar-refractivity contribution < 1.29 is 0 Å². The molecule has 0 N–H and O–H groups in total. The fourth-order valence-electron chi connectivity index (χ4n) is 5.95. The fourth-order valence-corrected chi connectivity index (χ4v) is 7.01. The third-order valence-corrected chi connectivity index (χ3v) is 8.76. The summed E-state index contributed by atoms with van der Waals surface area (Å²) in [5.74, 6) is 0. The van der Waals surface area contributed by atoms with Crippen LogP contribution in [0.2, 0.25) is 0 Å². The van der Waals surface area contributed by atoms with Gasteiger partial charge in [-0.05, 0) is 74.3 Å². The Morgan fingerprint density at radius 3 is 1.42 bits per heavy atom. The largest absolute Gasteiger partial charge is 0.308 e. The standard InChI is InChI=1S/C36H23NS/c1-2-14-28-26(12-1)27-13-3-4-15-29(27)31-23-24(21-22-30(28)31)25-11-5-6-16-32(25)37-33-17-7-9-19-35(33)38-36-20-10-8-18-34(36)37/h1-23H. The molecule has 7 aromatic rings. The molecule has 0 aromatic heterocycles. The highest BCUT2D eigenvalue weighted by molar-refractivity contribution is 7.99. The van der Waals surface area contributed by atoms with Crippen LogP contribution in [0.15, 0.2) is 149 Å². The lowest BCUT2D eigenvalue weighted by Gasteiger charge is -2.34. The van der Waals surface area contributed by atoms with E-state index in [4.69, 9.17) is 0 Å². The Hall–Kier alpha value is -4.53. The molecule has 0 aliphatic carbocycles. The average molecular weight is 502 g/mol. The van der Waals surface area contributed by atoms with Gasteiger partial charge in [0, 0.05) is 15.4 Å². The molecule has 7 aromatic carbocycles. The first-order chi connectivity index (χ1) is 18.9. The summed E-state index contributed by atoms with van der Waals surface area (Å²) in [5, 5.41) is 7.80. The van der Waals surface area contributed by atoms with Crippen LogP contribution in [-0.2, 0) is 0 Å². The van der Waals surface area contributed by atoms with E-state index in [1.807, 2.05) is 11.8 Å². The zero-order chi connectivity index (χ0) is 25.1. The first kappa shape index (κ1) is 21.5. The van der Waals surface area contributed by atoms with Gasteiger partial charge in [0.05, 0.1) is 17.1 Å². The van der Waals surface area contributed by atoms with E-state index in [-0.39, 0.29) is 0 Å². The summed E-state index contributed by atoms with van der Waals surface area (Å²) in [6, 6.07) is 50.8. The molecule has 0 bridgehead atoms. The van der Waals surface area contributed by atoms with Crippen LogP contribution in [0.1, 0.15) is 0 Å². The molecule has 0 saturated heterocycles. The normalized spacial score (nSPS) is 12.6. The molecule has 38 heavy (non-hydrogen) atoms. The van der Waals surface area contributed by atoms with E-state index >= 15 is 0 Å². The molecule has 1 aliphatic rings. The number of benzene rings is 7. The van der Waals surface area contributed by atoms with Gasteiger partial charge in [0.2, 0.25) is 0 Å². The van der Waals surface area contributed by atoms with Crippen LogP contribution in [0.4, 0.5) is 17.1 Å². The minimum absolute atomic E-state index is 1.19. The van der Waals surface area contributed by atoms with Gasteiger partial charge in [-0.1, -0.05) is 115 Å². The third kappa shape index (κ3) is 3.21. The van der Waals surface area contributed by atoms with Crippen LogP contribution in [0.3, 0.4) is 0 Å². The minimum atomic E-state index is 1.19. The first-order valence-electron chi connectivity index (χ1n) is 13.0. The molecule has 1 heterocycles. The minimum Gasteiger partial charge on any atom is -0.308 e.